The monoisotopic (exact) mass is 238 g/mol. The third-order valence-corrected chi connectivity index (χ3v) is 1.97. The quantitative estimate of drug-likeness (QED) is 0.775. The SMILES string of the molecule is C=CCN(CC(=O)O)C(=O)c1ccncc1F. The molecule has 0 spiro atoms. The summed E-state index contributed by atoms with van der Waals surface area (Å²) in [6.45, 7) is 2.94. The summed E-state index contributed by atoms with van der Waals surface area (Å²) in [6, 6.07) is 1.20. The number of carboxylic acids is 1. The van der Waals surface area contributed by atoms with Crippen molar-refractivity contribution in [2.24, 2.45) is 0 Å². The predicted octanol–water partition coefficient (Wildman–Crippen LogP) is 0.933. The standard InChI is InChI=1S/C11H11FN2O3/c1-2-5-14(7-10(15)16)11(17)8-3-4-13-6-9(8)12/h2-4,6H,1,5,7H2,(H,15,16). The van der Waals surface area contributed by atoms with Crippen molar-refractivity contribution < 1.29 is 19.1 Å². The Kier molecular flexibility index (Phi) is 4.33. The van der Waals surface area contributed by atoms with E-state index in [2.05, 4.69) is 11.6 Å². The molecule has 0 bridgehead atoms. The van der Waals surface area contributed by atoms with E-state index in [9.17, 15) is 14.0 Å². The van der Waals surface area contributed by atoms with Gasteiger partial charge in [0.05, 0.1) is 11.8 Å². The Morgan fingerprint density at radius 2 is 2.29 bits per heavy atom. The molecule has 0 aliphatic carbocycles. The van der Waals surface area contributed by atoms with Gasteiger partial charge in [-0.1, -0.05) is 6.08 Å². The molecule has 1 N–H and O–H groups in total. The Bertz CT molecular complexity index is 448. The van der Waals surface area contributed by atoms with E-state index in [4.69, 9.17) is 5.11 Å². The molecule has 0 aliphatic rings. The van der Waals surface area contributed by atoms with Gasteiger partial charge in [-0.3, -0.25) is 14.6 Å². The highest BCUT2D eigenvalue weighted by atomic mass is 19.1. The van der Waals surface area contributed by atoms with Crippen LogP contribution in [0.3, 0.4) is 0 Å². The van der Waals surface area contributed by atoms with E-state index < -0.39 is 24.2 Å². The first kappa shape index (κ1) is 12.8. The lowest BCUT2D eigenvalue weighted by molar-refractivity contribution is -0.137. The van der Waals surface area contributed by atoms with Crippen molar-refractivity contribution in [3.8, 4) is 0 Å². The molecule has 1 aromatic heterocycles. The third kappa shape index (κ3) is 3.37. The molecule has 1 rings (SSSR count). The summed E-state index contributed by atoms with van der Waals surface area (Å²) in [5, 5.41) is 8.64. The van der Waals surface area contributed by atoms with Gasteiger partial charge in [-0.15, -0.1) is 6.58 Å². The molecule has 0 unspecified atom stereocenters. The summed E-state index contributed by atoms with van der Waals surface area (Å²) in [5.74, 6) is -2.65. The van der Waals surface area contributed by atoms with Gasteiger partial charge >= 0.3 is 5.97 Å². The number of nitrogens with zero attached hydrogens (tertiary/aromatic N) is 2. The fourth-order valence-corrected chi connectivity index (χ4v) is 1.26. The normalized spacial score (nSPS) is 9.71. The highest BCUT2D eigenvalue weighted by molar-refractivity contribution is 5.96. The van der Waals surface area contributed by atoms with Crippen molar-refractivity contribution in [3.05, 3.63) is 42.5 Å². The van der Waals surface area contributed by atoms with Crippen molar-refractivity contribution in [1.29, 1.82) is 0 Å². The van der Waals surface area contributed by atoms with Crippen LogP contribution < -0.4 is 0 Å². The van der Waals surface area contributed by atoms with Crippen LogP contribution in [0.4, 0.5) is 4.39 Å². The number of carbonyl (C=O) groups is 2. The highest BCUT2D eigenvalue weighted by Crippen LogP contribution is 2.08. The molecule has 0 radical (unpaired) electrons. The number of amides is 1. The van der Waals surface area contributed by atoms with E-state index in [-0.39, 0.29) is 12.1 Å². The zero-order valence-corrected chi connectivity index (χ0v) is 8.97. The number of pyridine rings is 1. The number of hydrogen-bond donors (Lipinski definition) is 1. The van der Waals surface area contributed by atoms with Gasteiger partial charge in [0, 0.05) is 12.7 Å². The van der Waals surface area contributed by atoms with Crippen LogP contribution in [0.1, 0.15) is 10.4 Å². The summed E-state index contributed by atoms with van der Waals surface area (Å²) in [7, 11) is 0. The van der Waals surface area contributed by atoms with Crippen LogP contribution in [0.2, 0.25) is 0 Å². The van der Waals surface area contributed by atoms with Gasteiger partial charge in [-0.2, -0.15) is 0 Å². The summed E-state index contributed by atoms with van der Waals surface area (Å²) in [5.41, 5.74) is -0.205. The lowest BCUT2D eigenvalue weighted by atomic mass is 10.2. The maximum absolute atomic E-state index is 13.3. The van der Waals surface area contributed by atoms with Crippen molar-refractivity contribution >= 4 is 11.9 Å². The second-order valence-corrected chi connectivity index (χ2v) is 3.22. The first-order valence-corrected chi connectivity index (χ1v) is 4.77. The molecule has 0 saturated carbocycles. The van der Waals surface area contributed by atoms with Gasteiger partial charge in [-0.25, -0.2) is 4.39 Å². The van der Waals surface area contributed by atoms with E-state index in [0.717, 1.165) is 11.1 Å². The topological polar surface area (TPSA) is 70.5 Å². The average Bonchev–Trinajstić information content (AvgIpc) is 2.28. The fourth-order valence-electron chi connectivity index (χ4n) is 1.26. The van der Waals surface area contributed by atoms with Gasteiger partial charge in [-0.05, 0) is 6.07 Å². The highest BCUT2D eigenvalue weighted by Gasteiger charge is 2.20. The molecule has 17 heavy (non-hydrogen) atoms. The summed E-state index contributed by atoms with van der Waals surface area (Å²) < 4.78 is 13.3. The predicted molar refractivity (Wildman–Crippen MR) is 57.9 cm³/mol. The minimum Gasteiger partial charge on any atom is -0.480 e. The van der Waals surface area contributed by atoms with Crippen molar-refractivity contribution in [1.82, 2.24) is 9.88 Å². The lowest BCUT2D eigenvalue weighted by Crippen LogP contribution is -2.36. The molecule has 0 saturated heterocycles. The number of carbonyl (C=O) groups excluding carboxylic acids is 1. The molecular weight excluding hydrogens is 227 g/mol. The van der Waals surface area contributed by atoms with Crippen molar-refractivity contribution in [3.63, 3.8) is 0 Å². The summed E-state index contributed by atoms with van der Waals surface area (Å²) in [6.07, 6.45) is 3.54. The lowest BCUT2D eigenvalue weighted by Gasteiger charge is -2.18. The zero-order chi connectivity index (χ0) is 12.8. The largest absolute Gasteiger partial charge is 0.480 e. The van der Waals surface area contributed by atoms with Gasteiger partial charge in [0.25, 0.3) is 5.91 Å². The summed E-state index contributed by atoms with van der Waals surface area (Å²) >= 11 is 0. The molecule has 0 atom stereocenters. The molecule has 6 heteroatoms. The van der Waals surface area contributed by atoms with Gasteiger partial charge in [0.15, 0.2) is 5.82 Å². The number of rotatable bonds is 5. The number of halogens is 1. The molecule has 1 amide bonds. The van der Waals surface area contributed by atoms with Crippen molar-refractivity contribution in [2.45, 2.75) is 0 Å². The number of aromatic nitrogens is 1. The van der Waals surface area contributed by atoms with E-state index in [1.165, 1.54) is 18.3 Å². The minimum absolute atomic E-state index is 0.0346. The Morgan fingerprint density at radius 1 is 1.59 bits per heavy atom. The van der Waals surface area contributed by atoms with E-state index >= 15 is 0 Å². The van der Waals surface area contributed by atoms with E-state index in [1.807, 2.05) is 0 Å². The Labute approximate surface area is 97.2 Å². The zero-order valence-electron chi connectivity index (χ0n) is 8.97. The Hall–Kier alpha value is -2.24. The van der Waals surface area contributed by atoms with Gasteiger partial charge in [0.2, 0.25) is 0 Å². The second kappa shape index (κ2) is 5.74. The number of hydrogen-bond acceptors (Lipinski definition) is 3. The Morgan fingerprint density at radius 3 is 2.82 bits per heavy atom. The molecule has 1 aromatic rings. The molecule has 90 valence electrons. The second-order valence-electron chi connectivity index (χ2n) is 3.22. The third-order valence-electron chi connectivity index (χ3n) is 1.97. The van der Waals surface area contributed by atoms with Crippen LogP contribution in [-0.4, -0.2) is 40.0 Å². The Balaban J connectivity index is 2.95. The molecule has 0 fully saturated rings. The fraction of sp³-hybridized carbons (Fsp3) is 0.182. The van der Waals surface area contributed by atoms with Crippen molar-refractivity contribution in [2.75, 3.05) is 13.1 Å². The van der Waals surface area contributed by atoms with E-state index in [0.29, 0.717) is 0 Å². The first-order chi connectivity index (χ1) is 8.06. The molecule has 0 aromatic carbocycles. The molecule has 1 heterocycles. The average molecular weight is 238 g/mol. The maximum atomic E-state index is 13.3. The van der Waals surface area contributed by atoms with Crippen LogP contribution in [0.25, 0.3) is 0 Å². The minimum atomic E-state index is -1.17. The number of carboxylic acid groups (broad SMARTS) is 1. The molecule has 5 nitrogen and oxygen atoms in total. The van der Waals surface area contributed by atoms with E-state index in [1.54, 1.807) is 0 Å². The maximum Gasteiger partial charge on any atom is 0.323 e. The van der Waals surface area contributed by atoms with Crippen LogP contribution in [-0.2, 0) is 4.79 Å². The summed E-state index contributed by atoms with van der Waals surface area (Å²) in [4.78, 5) is 26.9. The molecule has 0 aliphatic heterocycles. The molecular formula is C11H11FN2O3. The number of aliphatic carboxylic acids is 1. The van der Waals surface area contributed by atoms with Crippen LogP contribution >= 0.6 is 0 Å². The van der Waals surface area contributed by atoms with Gasteiger partial charge < -0.3 is 10.0 Å². The van der Waals surface area contributed by atoms with Gasteiger partial charge in [0.1, 0.15) is 6.54 Å². The smallest absolute Gasteiger partial charge is 0.323 e. The first-order valence-electron chi connectivity index (χ1n) is 4.77. The van der Waals surface area contributed by atoms with Crippen LogP contribution in [0, 0.1) is 5.82 Å². The van der Waals surface area contributed by atoms with Crippen LogP contribution in [0.5, 0.6) is 0 Å². The van der Waals surface area contributed by atoms with Crippen LogP contribution in [0.15, 0.2) is 31.1 Å².